The van der Waals surface area contributed by atoms with E-state index in [0.29, 0.717) is 0 Å². The van der Waals surface area contributed by atoms with Crippen LogP contribution in [0.1, 0.15) is 0 Å². The quantitative estimate of drug-likeness (QED) is 0.382. The Balaban J connectivity index is -0.0000000300. The maximum absolute atomic E-state index is 8.58. The molecule has 0 unspecified atom stereocenters. The minimum atomic E-state index is -4.08. The third-order valence-corrected chi connectivity index (χ3v) is 0. The summed E-state index contributed by atoms with van der Waals surface area (Å²) in [4.78, 5) is 0. The van der Waals surface area contributed by atoms with Crippen LogP contribution in [0.25, 0.3) is 0 Å². The first-order valence-electron chi connectivity index (χ1n) is 1.22. The molecule has 0 aromatic carbocycles. The summed E-state index contributed by atoms with van der Waals surface area (Å²) in [5, 5.41) is 0. The predicted molar refractivity (Wildman–Crippen MR) is 7.13 cm³/mol. The van der Waals surface area contributed by atoms with Gasteiger partial charge in [-0.25, -0.2) is 0 Å². The molecule has 0 atom stereocenters. The van der Waals surface area contributed by atoms with Crippen LogP contribution in [-0.4, -0.2) is 48.9 Å². The summed E-state index contributed by atoms with van der Waals surface area (Å²) in [6, 6.07) is 0. The Labute approximate surface area is 121 Å². The Morgan fingerprint density at radius 3 is 0.800 bits per heavy atom. The zero-order valence-electron chi connectivity index (χ0n) is 4.47. The Hall–Kier alpha value is 2.93. The molecular weight excluding hydrogens is 388 g/mol. The summed E-state index contributed by atoms with van der Waals surface area (Å²) >= 11 is -8.17. The first-order valence-corrected chi connectivity index (χ1v) is 5.05. The molecule has 0 aromatic rings. The molecule has 0 spiro atoms. The fraction of sp³-hybridized carbons (Fsp3) is 0. The van der Waals surface area contributed by atoms with Gasteiger partial charge in [-0.1, -0.05) is 0 Å². The van der Waals surface area contributed by atoms with E-state index >= 15 is 0 Å². The van der Waals surface area contributed by atoms with Crippen molar-refractivity contribution in [2.75, 3.05) is 0 Å². The van der Waals surface area contributed by atoms with Crippen LogP contribution < -0.4 is 14.8 Å². The summed E-state index contributed by atoms with van der Waals surface area (Å²) in [6.07, 6.45) is 0. The van der Waals surface area contributed by atoms with E-state index < -0.39 is 37.2 Å². The number of hydrogen-bond donors (Lipinski definition) is 0. The van der Waals surface area contributed by atoms with Gasteiger partial charge in [-0.3, -0.25) is 0 Å². The van der Waals surface area contributed by atoms with Gasteiger partial charge in [0.25, 0.3) is 0 Å². The normalized spacial score (nSPS) is 5.20. The van der Waals surface area contributed by atoms with Crippen molar-refractivity contribution in [1.82, 2.24) is 0 Å². The summed E-state index contributed by atoms with van der Waals surface area (Å²) in [7, 11) is 0. The summed E-state index contributed by atoms with van der Waals surface area (Å²) in [5.41, 5.74) is 0. The molecular formula is BaNiO6Ti2. The molecule has 0 fully saturated rings. The second kappa shape index (κ2) is 17.9. The fourth-order valence-electron chi connectivity index (χ4n) is 0. The van der Waals surface area contributed by atoms with Crippen LogP contribution in [0.5, 0.6) is 0 Å². The van der Waals surface area contributed by atoms with E-state index in [-0.39, 0.29) is 65.4 Å². The van der Waals surface area contributed by atoms with Gasteiger partial charge in [-0.2, -0.15) is 0 Å². The molecule has 0 amide bonds. The standard InChI is InChI=1S/Ba.Ni.6O.2Ti/q2*+2;;;4*-1;;. The van der Waals surface area contributed by atoms with E-state index in [0.717, 1.165) is 0 Å². The summed E-state index contributed by atoms with van der Waals surface area (Å²) < 4.78 is 51.5. The van der Waals surface area contributed by atoms with Crippen molar-refractivity contribution in [1.29, 1.82) is 0 Å². The van der Waals surface area contributed by atoms with Crippen LogP contribution in [0.4, 0.5) is 0 Å². The molecule has 0 rings (SSSR count). The predicted octanol–water partition coefficient (Wildman–Crippen LogP) is -5.38. The molecule has 0 aliphatic heterocycles. The molecule has 0 saturated carbocycles. The van der Waals surface area contributed by atoms with Gasteiger partial charge in [0, 0.05) is 0 Å². The monoisotopic (exact) mass is 388 g/mol. The van der Waals surface area contributed by atoms with Crippen molar-refractivity contribution in [3.63, 3.8) is 0 Å². The Bertz CT molecular complexity index is 73.7. The van der Waals surface area contributed by atoms with E-state index in [4.69, 9.17) is 21.4 Å². The second-order valence-electron chi connectivity index (χ2n) is 0.500. The Morgan fingerprint density at radius 2 is 0.800 bits per heavy atom. The van der Waals surface area contributed by atoms with Gasteiger partial charge >= 0.3 is 124 Å². The minimum absolute atomic E-state index is 0. The summed E-state index contributed by atoms with van der Waals surface area (Å²) in [5.74, 6) is 0. The molecule has 0 heterocycles. The third-order valence-electron chi connectivity index (χ3n) is 0. The SMILES string of the molecule is [Ba+2].[Ni+2].[O]=[Ti]([O-])[O-].[O]=[Ti]([O-])[O-]. The van der Waals surface area contributed by atoms with E-state index in [1.807, 2.05) is 0 Å². The topological polar surface area (TPSA) is 126 Å². The average Bonchev–Trinajstić information content (AvgIpc) is 1.25. The van der Waals surface area contributed by atoms with E-state index in [9.17, 15) is 0 Å². The van der Waals surface area contributed by atoms with Gasteiger partial charge < -0.3 is 0 Å². The van der Waals surface area contributed by atoms with E-state index in [1.165, 1.54) is 0 Å². The van der Waals surface area contributed by atoms with Crippen molar-refractivity contribution in [2.24, 2.45) is 0 Å². The Morgan fingerprint density at radius 1 is 0.800 bits per heavy atom. The maximum atomic E-state index is 8.58. The molecule has 0 saturated heterocycles. The van der Waals surface area contributed by atoms with Crippen LogP contribution in [0.2, 0.25) is 0 Å². The molecule has 0 bridgehead atoms. The average molecular weight is 388 g/mol. The van der Waals surface area contributed by atoms with Gasteiger partial charge in [0.1, 0.15) is 0 Å². The molecule has 0 radical (unpaired) electrons. The van der Waals surface area contributed by atoms with E-state index in [2.05, 4.69) is 0 Å². The van der Waals surface area contributed by atoms with Crippen LogP contribution in [0.3, 0.4) is 0 Å². The molecule has 0 N–H and O–H groups in total. The fourth-order valence-corrected chi connectivity index (χ4v) is 0. The zero-order valence-corrected chi connectivity index (χ0v) is 13.0. The molecule has 10 heteroatoms. The molecule has 0 aliphatic carbocycles. The van der Waals surface area contributed by atoms with Crippen molar-refractivity contribution in [2.45, 2.75) is 0 Å². The zero-order chi connectivity index (χ0) is 7.15. The van der Waals surface area contributed by atoms with Gasteiger partial charge in [-0.05, 0) is 0 Å². The summed E-state index contributed by atoms with van der Waals surface area (Å²) in [6.45, 7) is 0. The molecule has 10 heavy (non-hydrogen) atoms. The van der Waals surface area contributed by atoms with Crippen molar-refractivity contribution in [3.8, 4) is 0 Å². The van der Waals surface area contributed by atoms with Crippen molar-refractivity contribution < 1.29 is 75.1 Å². The van der Waals surface area contributed by atoms with Crippen LogP contribution in [-0.2, 0) is 60.4 Å². The molecule has 6 nitrogen and oxygen atoms in total. The van der Waals surface area contributed by atoms with E-state index in [1.54, 1.807) is 0 Å². The van der Waals surface area contributed by atoms with Crippen LogP contribution in [0, 0.1) is 0 Å². The Kier molecular flexibility index (Phi) is 41.3. The van der Waals surface area contributed by atoms with Crippen LogP contribution >= 0.6 is 0 Å². The second-order valence-corrected chi connectivity index (χ2v) is 2.06. The number of rotatable bonds is 0. The van der Waals surface area contributed by atoms with Gasteiger partial charge in [-0.15, -0.1) is 0 Å². The third kappa shape index (κ3) is 125. The molecule has 0 aromatic heterocycles. The van der Waals surface area contributed by atoms with Crippen molar-refractivity contribution >= 4 is 48.9 Å². The van der Waals surface area contributed by atoms with Crippen molar-refractivity contribution in [3.05, 3.63) is 0 Å². The molecule has 56 valence electrons. The van der Waals surface area contributed by atoms with Gasteiger partial charge in [0.05, 0.1) is 0 Å². The first-order chi connectivity index (χ1) is 3.46. The molecule has 0 aliphatic rings. The van der Waals surface area contributed by atoms with Gasteiger partial charge in [0.15, 0.2) is 0 Å². The van der Waals surface area contributed by atoms with Crippen LogP contribution in [0.15, 0.2) is 0 Å². The number of hydrogen-bond acceptors (Lipinski definition) is 6. The first kappa shape index (κ1) is 23.1. The van der Waals surface area contributed by atoms with Gasteiger partial charge in [0.2, 0.25) is 0 Å².